The van der Waals surface area contributed by atoms with E-state index in [0.29, 0.717) is 37.9 Å². The van der Waals surface area contributed by atoms with Gasteiger partial charge in [-0.25, -0.2) is 4.98 Å². The number of H-pyrrole nitrogens is 1. The molecule has 0 bridgehead atoms. The third kappa shape index (κ3) is 3.11. The normalized spacial score (nSPS) is 15.8. The summed E-state index contributed by atoms with van der Waals surface area (Å²) in [5, 5.41) is 1.18. The van der Waals surface area contributed by atoms with Gasteiger partial charge in [-0.1, -0.05) is 26.0 Å². The number of aromatic amines is 1. The Morgan fingerprint density at radius 1 is 1.23 bits per heavy atom. The number of nitrogens with one attached hydrogen (secondary N) is 1. The van der Waals surface area contributed by atoms with Crippen LogP contribution < -0.4 is 0 Å². The standard InChI is InChI=1S/C19H21F3N4/c1-12(2)16-8-14-13(4-3-5-15(14)23-16)9-25-6-7-26-10-17(19(20,21)22)24-18(26)11-25/h3-5,8,10,12,23H,6-7,9,11H2,1-2H3. The van der Waals surface area contributed by atoms with Crippen LogP contribution in [0.1, 0.15) is 42.5 Å². The van der Waals surface area contributed by atoms with Gasteiger partial charge < -0.3 is 9.55 Å². The lowest BCUT2D eigenvalue weighted by atomic mass is 10.1. The zero-order valence-electron chi connectivity index (χ0n) is 14.8. The highest BCUT2D eigenvalue weighted by Gasteiger charge is 2.35. The number of alkyl halides is 3. The van der Waals surface area contributed by atoms with Crippen LogP contribution in [0.2, 0.25) is 0 Å². The van der Waals surface area contributed by atoms with Crippen LogP contribution in [-0.2, 0) is 25.8 Å². The van der Waals surface area contributed by atoms with E-state index < -0.39 is 11.9 Å². The number of halogens is 3. The number of nitrogens with zero attached hydrogens (tertiary/aromatic N) is 3. The van der Waals surface area contributed by atoms with Crippen LogP contribution >= 0.6 is 0 Å². The summed E-state index contributed by atoms with van der Waals surface area (Å²) in [4.78, 5) is 9.39. The van der Waals surface area contributed by atoms with Gasteiger partial charge in [0, 0.05) is 42.4 Å². The Bertz CT molecular complexity index is 936. The van der Waals surface area contributed by atoms with Crippen LogP contribution in [-0.4, -0.2) is 26.0 Å². The molecule has 2 aromatic heterocycles. The summed E-state index contributed by atoms with van der Waals surface area (Å²) in [6.07, 6.45) is -3.27. The van der Waals surface area contributed by atoms with E-state index in [4.69, 9.17) is 0 Å². The van der Waals surface area contributed by atoms with Crippen LogP contribution in [0.25, 0.3) is 10.9 Å². The lowest BCUT2D eigenvalue weighted by molar-refractivity contribution is -0.141. The predicted octanol–water partition coefficient (Wildman–Crippen LogP) is 4.52. The lowest BCUT2D eigenvalue weighted by Crippen LogP contribution is -2.33. The smallest absolute Gasteiger partial charge is 0.358 e. The summed E-state index contributed by atoms with van der Waals surface area (Å²) in [5.74, 6) is 0.895. The lowest BCUT2D eigenvalue weighted by Gasteiger charge is -2.27. The van der Waals surface area contributed by atoms with Gasteiger partial charge in [0.2, 0.25) is 0 Å². The van der Waals surface area contributed by atoms with E-state index in [9.17, 15) is 13.2 Å². The van der Waals surface area contributed by atoms with Crippen LogP contribution in [0, 0.1) is 0 Å². The molecule has 0 saturated carbocycles. The van der Waals surface area contributed by atoms with Crippen LogP contribution in [0.4, 0.5) is 13.2 Å². The van der Waals surface area contributed by atoms with E-state index in [0.717, 1.165) is 11.7 Å². The monoisotopic (exact) mass is 362 g/mol. The van der Waals surface area contributed by atoms with Crippen LogP contribution in [0.3, 0.4) is 0 Å². The highest BCUT2D eigenvalue weighted by atomic mass is 19.4. The van der Waals surface area contributed by atoms with Gasteiger partial charge in [-0.15, -0.1) is 0 Å². The second-order valence-electron chi connectivity index (χ2n) is 7.20. The highest BCUT2D eigenvalue weighted by molar-refractivity contribution is 5.84. The Morgan fingerprint density at radius 3 is 2.77 bits per heavy atom. The Labute approximate surface area is 149 Å². The fourth-order valence-corrected chi connectivity index (χ4v) is 3.50. The molecule has 0 amide bonds. The molecule has 3 aromatic rings. The number of fused-ring (bicyclic) bond motifs is 2. The fraction of sp³-hybridized carbons (Fsp3) is 0.421. The van der Waals surface area contributed by atoms with E-state index in [1.54, 1.807) is 4.57 Å². The molecule has 0 spiro atoms. The van der Waals surface area contributed by atoms with E-state index in [1.165, 1.54) is 16.6 Å². The van der Waals surface area contributed by atoms with Crippen molar-refractivity contribution in [1.29, 1.82) is 0 Å². The maximum Gasteiger partial charge on any atom is 0.434 e. The van der Waals surface area contributed by atoms with E-state index in [2.05, 4.69) is 46.9 Å². The first kappa shape index (κ1) is 17.1. The first-order chi connectivity index (χ1) is 12.3. The van der Waals surface area contributed by atoms with Gasteiger partial charge in [0.15, 0.2) is 5.69 Å². The van der Waals surface area contributed by atoms with E-state index in [1.807, 2.05) is 6.07 Å². The average Bonchev–Trinajstić information content (AvgIpc) is 3.18. The van der Waals surface area contributed by atoms with Crippen molar-refractivity contribution < 1.29 is 13.2 Å². The number of aromatic nitrogens is 3. The van der Waals surface area contributed by atoms with Gasteiger partial charge in [0.05, 0.1) is 6.54 Å². The molecule has 0 unspecified atom stereocenters. The Balaban J connectivity index is 1.57. The van der Waals surface area contributed by atoms with Gasteiger partial charge in [-0.3, -0.25) is 4.90 Å². The molecule has 0 atom stereocenters. The second-order valence-corrected chi connectivity index (χ2v) is 7.20. The van der Waals surface area contributed by atoms with Crippen molar-refractivity contribution in [2.24, 2.45) is 0 Å². The van der Waals surface area contributed by atoms with E-state index in [-0.39, 0.29) is 0 Å². The van der Waals surface area contributed by atoms with Gasteiger partial charge in [-0.05, 0) is 23.6 Å². The zero-order valence-corrected chi connectivity index (χ0v) is 14.8. The summed E-state index contributed by atoms with van der Waals surface area (Å²) in [6.45, 7) is 6.65. The SMILES string of the molecule is CC(C)c1cc2c(CN3CCn4cc(C(F)(F)F)nc4C3)cccc2[nH]1. The van der Waals surface area contributed by atoms with Gasteiger partial charge in [-0.2, -0.15) is 13.2 Å². The molecular weight excluding hydrogens is 341 g/mol. The molecule has 0 radical (unpaired) electrons. The third-order valence-corrected chi connectivity index (χ3v) is 4.96. The molecular formula is C19H21F3N4. The number of benzene rings is 1. The maximum atomic E-state index is 12.9. The molecule has 1 aliphatic heterocycles. The summed E-state index contributed by atoms with van der Waals surface area (Å²) in [6, 6.07) is 8.35. The van der Waals surface area contributed by atoms with Crippen molar-refractivity contribution in [2.45, 2.75) is 45.6 Å². The van der Waals surface area contributed by atoms with Crippen molar-refractivity contribution in [2.75, 3.05) is 6.54 Å². The molecule has 1 N–H and O–H groups in total. The molecule has 0 aliphatic carbocycles. The van der Waals surface area contributed by atoms with Crippen molar-refractivity contribution in [3.8, 4) is 0 Å². The minimum Gasteiger partial charge on any atom is -0.358 e. The maximum absolute atomic E-state index is 12.9. The molecule has 0 fully saturated rings. The first-order valence-electron chi connectivity index (χ1n) is 8.77. The Hall–Kier alpha value is -2.28. The molecule has 0 saturated heterocycles. The van der Waals surface area contributed by atoms with Crippen molar-refractivity contribution >= 4 is 10.9 Å². The van der Waals surface area contributed by atoms with Gasteiger partial charge in [0.25, 0.3) is 0 Å². The number of imidazole rings is 1. The summed E-state index contributed by atoms with van der Waals surface area (Å²) in [7, 11) is 0. The number of hydrogen-bond donors (Lipinski definition) is 1. The van der Waals surface area contributed by atoms with Gasteiger partial charge in [0.1, 0.15) is 5.82 Å². The molecule has 7 heteroatoms. The predicted molar refractivity (Wildman–Crippen MR) is 93.7 cm³/mol. The third-order valence-electron chi connectivity index (χ3n) is 4.96. The number of hydrogen-bond acceptors (Lipinski definition) is 2. The van der Waals surface area contributed by atoms with Crippen molar-refractivity contribution in [3.05, 3.63) is 53.2 Å². The molecule has 4 nitrogen and oxygen atoms in total. The topological polar surface area (TPSA) is 36.9 Å². The summed E-state index contributed by atoms with van der Waals surface area (Å²) < 4.78 is 40.2. The van der Waals surface area contributed by atoms with E-state index >= 15 is 0 Å². The molecule has 138 valence electrons. The van der Waals surface area contributed by atoms with Crippen LogP contribution in [0.5, 0.6) is 0 Å². The average molecular weight is 362 g/mol. The Kier molecular flexibility index (Phi) is 4.06. The Morgan fingerprint density at radius 2 is 2.04 bits per heavy atom. The number of rotatable bonds is 3. The van der Waals surface area contributed by atoms with Crippen LogP contribution in [0.15, 0.2) is 30.5 Å². The molecule has 3 heterocycles. The quantitative estimate of drug-likeness (QED) is 0.744. The molecule has 26 heavy (non-hydrogen) atoms. The molecule has 4 rings (SSSR count). The second kappa shape index (κ2) is 6.16. The first-order valence-corrected chi connectivity index (χ1v) is 8.77. The highest BCUT2D eigenvalue weighted by Crippen LogP contribution is 2.30. The molecule has 1 aliphatic rings. The van der Waals surface area contributed by atoms with Crippen molar-refractivity contribution in [1.82, 2.24) is 19.4 Å². The minimum absolute atomic E-state index is 0.415. The summed E-state index contributed by atoms with van der Waals surface area (Å²) >= 11 is 0. The van der Waals surface area contributed by atoms with Crippen molar-refractivity contribution in [3.63, 3.8) is 0 Å². The fourth-order valence-electron chi connectivity index (χ4n) is 3.50. The van der Waals surface area contributed by atoms with Gasteiger partial charge >= 0.3 is 6.18 Å². The zero-order chi connectivity index (χ0) is 18.5. The largest absolute Gasteiger partial charge is 0.434 e. The molecule has 1 aromatic carbocycles. The summed E-state index contributed by atoms with van der Waals surface area (Å²) in [5.41, 5.74) is 2.67. The minimum atomic E-state index is -4.39.